The standard InChI is InChI=1S/C10H14N2S/c1-2-6-12(7-5-11)9-10-4-3-8-13-10/h3-4,8H,2,6-7,9H2,1H3. The maximum Gasteiger partial charge on any atom is 0.0869 e. The summed E-state index contributed by atoms with van der Waals surface area (Å²) in [6.07, 6.45) is 1.10. The van der Waals surface area contributed by atoms with E-state index in [0.29, 0.717) is 6.54 Å². The van der Waals surface area contributed by atoms with Crippen molar-refractivity contribution in [2.75, 3.05) is 13.1 Å². The molecule has 1 heterocycles. The average Bonchev–Trinajstić information content (AvgIpc) is 2.58. The molecule has 0 fully saturated rings. The molecule has 70 valence electrons. The fourth-order valence-electron chi connectivity index (χ4n) is 1.25. The van der Waals surface area contributed by atoms with Gasteiger partial charge in [0.25, 0.3) is 0 Å². The molecular formula is C10H14N2S. The minimum atomic E-state index is 0.533. The Labute approximate surface area is 83.4 Å². The molecule has 3 heteroatoms. The summed E-state index contributed by atoms with van der Waals surface area (Å²) < 4.78 is 0. The van der Waals surface area contributed by atoms with Gasteiger partial charge in [0.15, 0.2) is 0 Å². The molecule has 0 N–H and O–H groups in total. The highest BCUT2D eigenvalue weighted by Gasteiger charge is 2.03. The van der Waals surface area contributed by atoms with Crippen molar-refractivity contribution in [2.24, 2.45) is 0 Å². The van der Waals surface area contributed by atoms with Crippen LogP contribution in [-0.4, -0.2) is 18.0 Å². The topological polar surface area (TPSA) is 27.0 Å². The Morgan fingerprint density at radius 3 is 3.00 bits per heavy atom. The molecule has 1 rings (SSSR count). The second-order valence-electron chi connectivity index (χ2n) is 2.95. The van der Waals surface area contributed by atoms with E-state index in [-0.39, 0.29) is 0 Å². The molecule has 0 aliphatic rings. The second kappa shape index (κ2) is 5.74. The maximum atomic E-state index is 8.60. The Kier molecular flexibility index (Phi) is 4.52. The molecule has 1 aromatic rings. The van der Waals surface area contributed by atoms with Crippen LogP contribution in [0.1, 0.15) is 18.2 Å². The lowest BCUT2D eigenvalue weighted by Gasteiger charge is -2.16. The van der Waals surface area contributed by atoms with Gasteiger partial charge in [0.1, 0.15) is 0 Å². The monoisotopic (exact) mass is 194 g/mol. The minimum absolute atomic E-state index is 0.533. The van der Waals surface area contributed by atoms with Crippen molar-refractivity contribution in [3.05, 3.63) is 22.4 Å². The lowest BCUT2D eigenvalue weighted by Crippen LogP contribution is -2.23. The van der Waals surface area contributed by atoms with Crippen LogP contribution >= 0.6 is 11.3 Å². The lowest BCUT2D eigenvalue weighted by atomic mass is 10.3. The van der Waals surface area contributed by atoms with E-state index in [2.05, 4.69) is 35.4 Å². The van der Waals surface area contributed by atoms with Gasteiger partial charge in [0.05, 0.1) is 12.6 Å². The normalized spacial score (nSPS) is 10.2. The summed E-state index contributed by atoms with van der Waals surface area (Å²) in [4.78, 5) is 3.51. The molecule has 1 aromatic heterocycles. The number of rotatable bonds is 5. The third-order valence-electron chi connectivity index (χ3n) is 1.79. The largest absolute Gasteiger partial charge is 0.285 e. The molecule has 13 heavy (non-hydrogen) atoms. The van der Waals surface area contributed by atoms with Crippen molar-refractivity contribution in [1.29, 1.82) is 5.26 Å². The van der Waals surface area contributed by atoms with Crippen LogP contribution in [-0.2, 0) is 6.54 Å². The van der Waals surface area contributed by atoms with Crippen LogP contribution in [0.5, 0.6) is 0 Å². The van der Waals surface area contributed by atoms with Gasteiger partial charge in [0, 0.05) is 11.4 Å². The van der Waals surface area contributed by atoms with Gasteiger partial charge in [0.2, 0.25) is 0 Å². The van der Waals surface area contributed by atoms with E-state index in [0.717, 1.165) is 19.5 Å². The van der Waals surface area contributed by atoms with E-state index in [1.54, 1.807) is 11.3 Å². The smallest absolute Gasteiger partial charge is 0.0869 e. The maximum absolute atomic E-state index is 8.60. The van der Waals surface area contributed by atoms with Gasteiger partial charge >= 0.3 is 0 Å². The van der Waals surface area contributed by atoms with Gasteiger partial charge in [-0.1, -0.05) is 13.0 Å². The molecule has 0 spiro atoms. The quantitative estimate of drug-likeness (QED) is 0.673. The van der Waals surface area contributed by atoms with Crippen LogP contribution in [0.3, 0.4) is 0 Å². The molecule has 0 radical (unpaired) electrons. The number of hydrogen-bond acceptors (Lipinski definition) is 3. The zero-order valence-corrected chi connectivity index (χ0v) is 8.68. The first-order chi connectivity index (χ1) is 6.36. The molecule has 0 aliphatic carbocycles. The number of nitriles is 1. The fraction of sp³-hybridized carbons (Fsp3) is 0.500. The van der Waals surface area contributed by atoms with Gasteiger partial charge in [-0.05, 0) is 24.4 Å². The Bertz CT molecular complexity index is 261. The Morgan fingerprint density at radius 1 is 1.62 bits per heavy atom. The van der Waals surface area contributed by atoms with Crippen LogP contribution in [0.2, 0.25) is 0 Å². The minimum Gasteiger partial charge on any atom is -0.285 e. The SMILES string of the molecule is CCCN(CC#N)Cc1cccs1. The van der Waals surface area contributed by atoms with Crippen molar-refractivity contribution in [1.82, 2.24) is 4.90 Å². The molecular weight excluding hydrogens is 180 g/mol. The average molecular weight is 194 g/mol. The van der Waals surface area contributed by atoms with E-state index >= 15 is 0 Å². The number of nitrogens with zero attached hydrogens (tertiary/aromatic N) is 2. The van der Waals surface area contributed by atoms with Crippen molar-refractivity contribution in [3.8, 4) is 6.07 Å². The first-order valence-corrected chi connectivity index (χ1v) is 5.36. The van der Waals surface area contributed by atoms with Crippen molar-refractivity contribution < 1.29 is 0 Å². The molecule has 0 amide bonds. The van der Waals surface area contributed by atoms with Gasteiger partial charge in [-0.2, -0.15) is 5.26 Å². The van der Waals surface area contributed by atoms with E-state index in [4.69, 9.17) is 5.26 Å². The highest BCUT2D eigenvalue weighted by atomic mass is 32.1. The number of thiophene rings is 1. The highest BCUT2D eigenvalue weighted by molar-refractivity contribution is 7.09. The molecule has 0 saturated carbocycles. The van der Waals surface area contributed by atoms with Crippen molar-refractivity contribution >= 4 is 11.3 Å². The summed E-state index contributed by atoms with van der Waals surface area (Å²) in [7, 11) is 0. The molecule has 0 aromatic carbocycles. The van der Waals surface area contributed by atoms with Crippen LogP contribution in [0.4, 0.5) is 0 Å². The zero-order valence-electron chi connectivity index (χ0n) is 7.86. The van der Waals surface area contributed by atoms with Crippen LogP contribution in [0.25, 0.3) is 0 Å². The van der Waals surface area contributed by atoms with Crippen molar-refractivity contribution in [3.63, 3.8) is 0 Å². The number of hydrogen-bond donors (Lipinski definition) is 0. The van der Waals surface area contributed by atoms with Crippen LogP contribution < -0.4 is 0 Å². The molecule has 0 unspecified atom stereocenters. The van der Waals surface area contributed by atoms with E-state index in [9.17, 15) is 0 Å². The van der Waals surface area contributed by atoms with Gasteiger partial charge in [-0.3, -0.25) is 4.90 Å². The summed E-state index contributed by atoms with van der Waals surface area (Å²) in [5.41, 5.74) is 0. The van der Waals surface area contributed by atoms with Gasteiger partial charge in [-0.15, -0.1) is 11.3 Å². The fourth-order valence-corrected chi connectivity index (χ4v) is 2.00. The Balaban J connectivity index is 2.43. The Hall–Kier alpha value is -0.850. The van der Waals surface area contributed by atoms with Gasteiger partial charge < -0.3 is 0 Å². The van der Waals surface area contributed by atoms with E-state index < -0.39 is 0 Å². The summed E-state index contributed by atoms with van der Waals surface area (Å²) >= 11 is 1.75. The molecule has 0 bridgehead atoms. The van der Waals surface area contributed by atoms with Gasteiger partial charge in [-0.25, -0.2) is 0 Å². The molecule has 0 atom stereocenters. The first-order valence-electron chi connectivity index (χ1n) is 4.48. The zero-order chi connectivity index (χ0) is 9.52. The summed E-state index contributed by atoms with van der Waals surface area (Å²) in [6.45, 7) is 4.59. The predicted octanol–water partition coefficient (Wildman–Crippen LogP) is 2.48. The van der Waals surface area contributed by atoms with Crippen LogP contribution in [0.15, 0.2) is 17.5 Å². The highest BCUT2D eigenvalue weighted by Crippen LogP contribution is 2.11. The van der Waals surface area contributed by atoms with E-state index in [1.807, 2.05) is 0 Å². The summed E-state index contributed by atoms with van der Waals surface area (Å²) in [6, 6.07) is 6.36. The predicted molar refractivity (Wildman–Crippen MR) is 55.5 cm³/mol. The Morgan fingerprint density at radius 2 is 2.46 bits per heavy atom. The third kappa shape index (κ3) is 3.58. The lowest BCUT2D eigenvalue weighted by molar-refractivity contribution is 0.301. The van der Waals surface area contributed by atoms with Crippen molar-refractivity contribution in [2.45, 2.75) is 19.9 Å². The molecule has 0 aliphatic heterocycles. The first kappa shape index (κ1) is 10.2. The molecule has 0 saturated heterocycles. The summed E-state index contributed by atoms with van der Waals surface area (Å²) in [5.74, 6) is 0. The second-order valence-corrected chi connectivity index (χ2v) is 3.98. The summed E-state index contributed by atoms with van der Waals surface area (Å²) in [5, 5.41) is 10.7. The third-order valence-corrected chi connectivity index (χ3v) is 2.65. The van der Waals surface area contributed by atoms with Crippen LogP contribution in [0, 0.1) is 11.3 Å². The molecule has 2 nitrogen and oxygen atoms in total. The van der Waals surface area contributed by atoms with E-state index in [1.165, 1.54) is 4.88 Å².